The largest absolute Gasteiger partial charge is 0.497 e. The van der Waals surface area contributed by atoms with Gasteiger partial charge >= 0.3 is 0 Å². The van der Waals surface area contributed by atoms with Gasteiger partial charge in [-0.25, -0.2) is 0 Å². The highest BCUT2D eigenvalue weighted by molar-refractivity contribution is 7.10. The van der Waals surface area contributed by atoms with Crippen LogP contribution in [0.5, 0.6) is 5.75 Å². The van der Waals surface area contributed by atoms with Crippen molar-refractivity contribution in [3.8, 4) is 17.9 Å². The number of nitrogens with zero attached hydrogens (tertiary/aromatic N) is 2. The third-order valence-corrected chi connectivity index (χ3v) is 4.36. The lowest BCUT2D eigenvalue weighted by Crippen LogP contribution is -2.30. The van der Waals surface area contributed by atoms with Gasteiger partial charge in [0, 0.05) is 10.4 Å². The number of hydrogen-bond donors (Lipinski definition) is 0. The summed E-state index contributed by atoms with van der Waals surface area (Å²) in [5.41, 5.74) is -0.912. The molecule has 0 amide bonds. The second-order valence-corrected chi connectivity index (χ2v) is 5.69. The van der Waals surface area contributed by atoms with Crippen LogP contribution in [0, 0.1) is 22.7 Å². The molecule has 0 aliphatic carbocycles. The lowest BCUT2D eigenvalue weighted by Gasteiger charge is -2.15. The molecule has 2 atom stereocenters. The van der Waals surface area contributed by atoms with Gasteiger partial charge < -0.3 is 14.2 Å². The first-order valence-corrected chi connectivity index (χ1v) is 7.43. The molecular weight excluding hydrogens is 300 g/mol. The SMILES string of the molecule is COc1ccc([C@@H]2O[C@@H](c3cccs3)C(C#N)(C#N)O2)cc1. The fourth-order valence-electron chi connectivity index (χ4n) is 2.29. The summed E-state index contributed by atoms with van der Waals surface area (Å²) < 4.78 is 16.6. The van der Waals surface area contributed by atoms with E-state index in [1.807, 2.05) is 29.7 Å². The van der Waals surface area contributed by atoms with E-state index in [0.29, 0.717) is 5.75 Å². The van der Waals surface area contributed by atoms with Gasteiger partial charge in [-0.05, 0) is 23.6 Å². The maximum atomic E-state index is 9.44. The lowest BCUT2D eigenvalue weighted by molar-refractivity contribution is -0.0716. The predicted octanol–water partition coefficient (Wildman–Crippen LogP) is 3.33. The summed E-state index contributed by atoms with van der Waals surface area (Å²) in [6.07, 6.45) is -1.49. The molecular formula is C16H12N2O3S. The summed E-state index contributed by atoms with van der Waals surface area (Å²) in [6, 6.07) is 14.7. The Hall–Kier alpha value is -2.38. The van der Waals surface area contributed by atoms with Gasteiger partial charge in [-0.1, -0.05) is 18.2 Å². The number of nitriles is 2. The summed E-state index contributed by atoms with van der Waals surface area (Å²) in [4.78, 5) is 0.791. The molecule has 0 bridgehead atoms. The van der Waals surface area contributed by atoms with Crippen LogP contribution in [0.25, 0.3) is 0 Å². The molecule has 3 rings (SSSR count). The zero-order chi connectivity index (χ0) is 15.6. The molecule has 6 heteroatoms. The van der Waals surface area contributed by atoms with E-state index in [1.54, 1.807) is 31.4 Å². The summed E-state index contributed by atoms with van der Waals surface area (Å²) in [6.45, 7) is 0. The molecule has 0 spiro atoms. The summed E-state index contributed by atoms with van der Waals surface area (Å²) in [5.74, 6) is 0.711. The van der Waals surface area contributed by atoms with Gasteiger partial charge in [0.1, 0.15) is 17.9 Å². The second kappa shape index (κ2) is 5.78. The van der Waals surface area contributed by atoms with Crippen LogP contribution in [0.15, 0.2) is 41.8 Å². The van der Waals surface area contributed by atoms with E-state index in [9.17, 15) is 10.5 Å². The van der Waals surface area contributed by atoms with Crippen molar-refractivity contribution in [3.05, 3.63) is 52.2 Å². The van der Waals surface area contributed by atoms with E-state index >= 15 is 0 Å². The third-order valence-electron chi connectivity index (χ3n) is 3.44. The lowest BCUT2D eigenvalue weighted by atomic mass is 9.99. The summed E-state index contributed by atoms with van der Waals surface area (Å²) in [7, 11) is 1.58. The van der Waals surface area contributed by atoms with Crippen LogP contribution in [-0.4, -0.2) is 12.7 Å². The number of thiophene rings is 1. The van der Waals surface area contributed by atoms with Crippen molar-refractivity contribution in [3.63, 3.8) is 0 Å². The van der Waals surface area contributed by atoms with Gasteiger partial charge in [0.2, 0.25) is 0 Å². The number of hydrogen-bond acceptors (Lipinski definition) is 6. The van der Waals surface area contributed by atoms with Gasteiger partial charge in [0.15, 0.2) is 12.4 Å². The molecule has 22 heavy (non-hydrogen) atoms. The molecule has 1 saturated heterocycles. The van der Waals surface area contributed by atoms with E-state index in [4.69, 9.17) is 14.2 Å². The third kappa shape index (κ3) is 2.34. The molecule has 2 aromatic rings. The molecule has 1 fully saturated rings. The Balaban J connectivity index is 1.93. The minimum Gasteiger partial charge on any atom is -0.497 e. The topological polar surface area (TPSA) is 75.3 Å². The van der Waals surface area contributed by atoms with Gasteiger partial charge in [0.05, 0.1) is 7.11 Å². The van der Waals surface area contributed by atoms with E-state index in [1.165, 1.54) is 11.3 Å². The van der Waals surface area contributed by atoms with Crippen LogP contribution in [0.1, 0.15) is 22.8 Å². The van der Waals surface area contributed by atoms with Crippen LogP contribution in [-0.2, 0) is 9.47 Å². The second-order valence-electron chi connectivity index (χ2n) is 4.71. The van der Waals surface area contributed by atoms with Crippen molar-refractivity contribution in [2.75, 3.05) is 7.11 Å². The average molecular weight is 312 g/mol. The van der Waals surface area contributed by atoms with Crippen molar-refractivity contribution < 1.29 is 14.2 Å². The molecule has 0 N–H and O–H groups in total. The number of benzene rings is 1. The zero-order valence-electron chi connectivity index (χ0n) is 11.7. The van der Waals surface area contributed by atoms with Crippen molar-refractivity contribution >= 4 is 11.3 Å². The van der Waals surface area contributed by atoms with Crippen molar-refractivity contribution in [1.82, 2.24) is 0 Å². The molecule has 5 nitrogen and oxygen atoms in total. The van der Waals surface area contributed by atoms with E-state index in [2.05, 4.69) is 0 Å². The number of rotatable bonds is 3. The van der Waals surface area contributed by atoms with Crippen LogP contribution < -0.4 is 4.74 Å². The Morgan fingerprint density at radius 1 is 1.18 bits per heavy atom. The molecule has 1 aromatic carbocycles. The van der Waals surface area contributed by atoms with Crippen LogP contribution in [0.4, 0.5) is 0 Å². The van der Waals surface area contributed by atoms with Gasteiger partial charge in [-0.3, -0.25) is 0 Å². The van der Waals surface area contributed by atoms with Crippen LogP contribution in [0.2, 0.25) is 0 Å². The van der Waals surface area contributed by atoms with Crippen molar-refractivity contribution in [2.24, 2.45) is 0 Å². The first-order chi connectivity index (χ1) is 10.7. The Morgan fingerprint density at radius 2 is 1.91 bits per heavy atom. The highest BCUT2D eigenvalue weighted by atomic mass is 32.1. The normalized spacial score (nSPS) is 22.7. The fraction of sp³-hybridized carbons (Fsp3) is 0.250. The van der Waals surface area contributed by atoms with E-state index < -0.39 is 18.0 Å². The standard InChI is InChI=1S/C16H12N2O3S/c1-19-12-6-4-11(5-7-12)15-20-14(13-3-2-8-22-13)16(9-17,10-18)21-15/h2-8,14-15H,1H3/t14-,15+/m0/s1. The molecule has 0 radical (unpaired) electrons. The van der Waals surface area contributed by atoms with Crippen LogP contribution in [0.3, 0.4) is 0 Å². The Morgan fingerprint density at radius 3 is 2.45 bits per heavy atom. The quantitative estimate of drug-likeness (QED) is 0.869. The Kier molecular flexibility index (Phi) is 3.82. The highest BCUT2D eigenvalue weighted by Crippen LogP contribution is 2.47. The summed E-state index contributed by atoms with van der Waals surface area (Å²) >= 11 is 1.43. The predicted molar refractivity (Wildman–Crippen MR) is 78.9 cm³/mol. The molecule has 0 unspecified atom stereocenters. The smallest absolute Gasteiger partial charge is 0.275 e. The Bertz CT molecular complexity index is 714. The molecule has 1 aromatic heterocycles. The monoisotopic (exact) mass is 312 g/mol. The maximum Gasteiger partial charge on any atom is 0.275 e. The van der Waals surface area contributed by atoms with Crippen molar-refractivity contribution in [2.45, 2.75) is 18.0 Å². The Labute approximate surface area is 131 Å². The average Bonchev–Trinajstić information content (AvgIpc) is 3.22. The first kappa shape index (κ1) is 14.6. The molecule has 0 saturated carbocycles. The zero-order valence-corrected chi connectivity index (χ0v) is 12.5. The molecule has 2 heterocycles. The maximum absolute atomic E-state index is 9.44. The van der Waals surface area contributed by atoms with Gasteiger partial charge in [0.25, 0.3) is 5.60 Å². The molecule has 110 valence electrons. The summed E-state index contributed by atoms with van der Waals surface area (Å²) in [5, 5.41) is 20.8. The minimum atomic E-state index is -1.64. The van der Waals surface area contributed by atoms with Crippen LogP contribution >= 0.6 is 11.3 Å². The first-order valence-electron chi connectivity index (χ1n) is 6.55. The van der Waals surface area contributed by atoms with E-state index in [-0.39, 0.29) is 0 Å². The fourth-order valence-corrected chi connectivity index (χ4v) is 3.10. The highest BCUT2D eigenvalue weighted by Gasteiger charge is 2.53. The van der Waals surface area contributed by atoms with Gasteiger partial charge in [-0.2, -0.15) is 10.5 Å². The van der Waals surface area contributed by atoms with Gasteiger partial charge in [-0.15, -0.1) is 11.3 Å². The number of ether oxygens (including phenoxy) is 3. The van der Waals surface area contributed by atoms with Crippen molar-refractivity contribution in [1.29, 1.82) is 10.5 Å². The molecule has 1 aliphatic heterocycles. The van der Waals surface area contributed by atoms with E-state index in [0.717, 1.165) is 10.4 Å². The molecule has 1 aliphatic rings. The number of methoxy groups -OCH3 is 1. The minimum absolute atomic E-state index is 0.711.